The van der Waals surface area contributed by atoms with Gasteiger partial charge in [-0.2, -0.15) is 20.3 Å². The lowest BCUT2D eigenvalue weighted by Crippen LogP contribution is -2.29. The first-order valence-electron chi connectivity index (χ1n) is 10.0. The van der Waals surface area contributed by atoms with E-state index in [-0.39, 0.29) is 28.1 Å². The molecule has 3 aromatic carbocycles. The monoisotopic (exact) mass is 476 g/mol. The van der Waals surface area contributed by atoms with Crippen molar-refractivity contribution in [2.45, 2.75) is 13.0 Å². The largest absolute Gasteiger partial charge is 0.506 e. The second-order valence-electron chi connectivity index (χ2n) is 7.37. The average Bonchev–Trinajstić information content (AvgIpc) is 3.11. The van der Waals surface area contributed by atoms with Gasteiger partial charge in [-0.25, -0.2) is 4.79 Å². The number of carbonyl (C=O) groups excluding carboxylic acids is 2. The summed E-state index contributed by atoms with van der Waals surface area (Å²) in [6.07, 6.45) is 0. The Labute approximate surface area is 198 Å². The van der Waals surface area contributed by atoms with Crippen molar-refractivity contribution in [3.63, 3.8) is 0 Å². The molecule has 0 spiro atoms. The number of hydrogen-bond acceptors (Lipinski definition) is 7. The van der Waals surface area contributed by atoms with Gasteiger partial charge in [-0.3, -0.25) is 9.59 Å². The molecule has 0 saturated heterocycles. The highest BCUT2D eigenvalue weighted by molar-refractivity contribution is 6.31. The van der Waals surface area contributed by atoms with Crippen molar-refractivity contribution in [2.24, 2.45) is 15.3 Å². The molecule has 1 aliphatic rings. The number of ketones is 1. The molecule has 3 aromatic rings. The van der Waals surface area contributed by atoms with Crippen LogP contribution in [0.5, 0.6) is 5.75 Å². The summed E-state index contributed by atoms with van der Waals surface area (Å²) in [4.78, 5) is 37.2. The number of azo groups is 1. The third-order valence-electron chi connectivity index (χ3n) is 5.07. The number of phenols is 1. The number of halogens is 1. The van der Waals surface area contributed by atoms with Crippen LogP contribution in [0.3, 0.4) is 0 Å². The Morgan fingerprint density at radius 1 is 1.03 bits per heavy atom. The number of rotatable bonds is 6. The van der Waals surface area contributed by atoms with E-state index < -0.39 is 23.7 Å². The minimum atomic E-state index is -1.23. The fraction of sp³-hybridized carbons (Fsp3) is 0.0833. The molecule has 9 nitrogen and oxygen atoms in total. The zero-order valence-electron chi connectivity index (χ0n) is 17.7. The van der Waals surface area contributed by atoms with Crippen LogP contribution >= 0.6 is 11.6 Å². The van der Waals surface area contributed by atoms with Crippen LogP contribution in [0.15, 0.2) is 82.1 Å². The summed E-state index contributed by atoms with van der Waals surface area (Å²) in [5.41, 5.74) is 0.755. The van der Waals surface area contributed by atoms with Gasteiger partial charge in [0, 0.05) is 16.1 Å². The van der Waals surface area contributed by atoms with Crippen LogP contribution in [0.25, 0.3) is 0 Å². The lowest BCUT2D eigenvalue weighted by atomic mass is 9.98. The van der Waals surface area contributed by atoms with Crippen LogP contribution in [0.2, 0.25) is 5.02 Å². The summed E-state index contributed by atoms with van der Waals surface area (Å²) in [6, 6.07) is 15.3. The van der Waals surface area contributed by atoms with Crippen LogP contribution in [-0.4, -0.2) is 39.6 Å². The second kappa shape index (κ2) is 9.24. The minimum absolute atomic E-state index is 0.00492. The van der Waals surface area contributed by atoms with Gasteiger partial charge < -0.3 is 10.2 Å². The number of hydrazone groups is 1. The van der Waals surface area contributed by atoms with E-state index in [9.17, 15) is 24.6 Å². The number of carbonyl (C=O) groups is 3. The van der Waals surface area contributed by atoms with E-state index in [1.165, 1.54) is 41.4 Å². The number of aromatic carboxylic acids is 1. The summed E-state index contributed by atoms with van der Waals surface area (Å²) < 4.78 is 0. The highest BCUT2D eigenvalue weighted by Crippen LogP contribution is 2.31. The van der Waals surface area contributed by atoms with Crippen LogP contribution in [0.1, 0.15) is 33.2 Å². The molecule has 34 heavy (non-hydrogen) atoms. The fourth-order valence-electron chi connectivity index (χ4n) is 3.37. The third kappa shape index (κ3) is 4.41. The maximum absolute atomic E-state index is 12.9. The maximum atomic E-state index is 12.9. The van der Waals surface area contributed by atoms with Gasteiger partial charge in [-0.05, 0) is 49.4 Å². The molecule has 1 atom stereocenters. The predicted molar refractivity (Wildman–Crippen MR) is 125 cm³/mol. The molecule has 0 saturated carbocycles. The van der Waals surface area contributed by atoms with Crippen molar-refractivity contribution in [3.8, 4) is 5.75 Å². The van der Waals surface area contributed by atoms with E-state index >= 15 is 0 Å². The van der Waals surface area contributed by atoms with Gasteiger partial charge in [0.05, 0.1) is 17.0 Å². The van der Waals surface area contributed by atoms with Crippen molar-refractivity contribution in [3.05, 3.63) is 88.4 Å². The molecule has 1 unspecified atom stereocenters. The zero-order chi connectivity index (χ0) is 24.4. The van der Waals surface area contributed by atoms with Crippen LogP contribution in [0, 0.1) is 0 Å². The second-order valence-corrected chi connectivity index (χ2v) is 7.81. The topological polar surface area (TPSA) is 132 Å². The minimum Gasteiger partial charge on any atom is -0.506 e. The SMILES string of the molecule is CC1=NN(c2cccc(Cl)c2)C(=O)C1N=Nc1cc(C(=O)c2ccccc2C(=O)O)ccc1O. The van der Waals surface area contributed by atoms with E-state index in [2.05, 4.69) is 15.3 Å². The summed E-state index contributed by atoms with van der Waals surface area (Å²) in [5, 5.41) is 33.4. The average molecular weight is 477 g/mol. The molecular weight excluding hydrogens is 460 g/mol. The molecule has 170 valence electrons. The van der Waals surface area contributed by atoms with Crippen molar-refractivity contribution in [1.82, 2.24) is 0 Å². The van der Waals surface area contributed by atoms with Crippen molar-refractivity contribution < 1.29 is 24.6 Å². The smallest absolute Gasteiger partial charge is 0.336 e. The number of hydrogen-bond donors (Lipinski definition) is 2. The third-order valence-corrected chi connectivity index (χ3v) is 5.30. The number of benzene rings is 3. The van der Waals surface area contributed by atoms with E-state index in [1.807, 2.05) is 0 Å². The van der Waals surface area contributed by atoms with Gasteiger partial charge >= 0.3 is 5.97 Å². The number of nitrogens with zero attached hydrogens (tertiary/aromatic N) is 4. The molecule has 0 radical (unpaired) electrons. The molecule has 0 aliphatic carbocycles. The first-order chi connectivity index (χ1) is 16.3. The van der Waals surface area contributed by atoms with Crippen molar-refractivity contribution in [2.75, 3.05) is 5.01 Å². The van der Waals surface area contributed by atoms with E-state index in [4.69, 9.17) is 11.6 Å². The van der Waals surface area contributed by atoms with Gasteiger partial charge in [0.15, 0.2) is 11.8 Å². The molecule has 10 heteroatoms. The standard InChI is InChI=1S/C24H17ClN4O5/c1-13-21(23(32)29(28-13)16-6-4-5-15(25)12-16)27-26-19-11-14(9-10-20(19)30)22(31)17-7-2-3-8-18(17)24(33)34/h2-12,21,30H,1H3,(H,33,34). The van der Waals surface area contributed by atoms with Gasteiger partial charge in [0.1, 0.15) is 11.4 Å². The molecule has 0 fully saturated rings. The summed E-state index contributed by atoms with van der Waals surface area (Å²) in [6.45, 7) is 1.62. The highest BCUT2D eigenvalue weighted by Gasteiger charge is 2.35. The Morgan fingerprint density at radius 3 is 2.47 bits per heavy atom. The molecule has 1 amide bonds. The number of amides is 1. The number of anilines is 1. The summed E-state index contributed by atoms with van der Waals surface area (Å²) >= 11 is 6.00. The predicted octanol–water partition coefficient (Wildman–Crippen LogP) is 4.85. The number of phenolic OH excluding ortho intramolecular Hbond substituents is 1. The molecule has 0 bridgehead atoms. The van der Waals surface area contributed by atoms with Gasteiger partial charge in [0.25, 0.3) is 5.91 Å². The Morgan fingerprint density at radius 2 is 1.76 bits per heavy atom. The Bertz CT molecular complexity index is 1390. The normalized spacial score (nSPS) is 15.6. The highest BCUT2D eigenvalue weighted by atomic mass is 35.5. The van der Waals surface area contributed by atoms with Gasteiger partial charge in [0.2, 0.25) is 0 Å². The van der Waals surface area contributed by atoms with E-state index in [0.29, 0.717) is 16.4 Å². The maximum Gasteiger partial charge on any atom is 0.336 e. The number of aromatic hydroxyl groups is 1. The molecule has 0 aromatic heterocycles. The Balaban J connectivity index is 1.61. The molecule has 4 rings (SSSR count). The first kappa shape index (κ1) is 22.8. The first-order valence-corrected chi connectivity index (χ1v) is 10.4. The van der Waals surface area contributed by atoms with Crippen LogP contribution < -0.4 is 5.01 Å². The quantitative estimate of drug-likeness (QED) is 0.387. The van der Waals surface area contributed by atoms with Crippen molar-refractivity contribution >= 4 is 46.3 Å². The summed E-state index contributed by atoms with van der Waals surface area (Å²) in [7, 11) is 0. The van der Waals surface area contributed by atoms with Crippen LogP contribution in [-0.2, 0) is 4.79 Å². The van der Waals surface area contributed by atoms with Crippen molar-refractivity contribution in [1.29, 1.82) is 0 Å². The summed E-state index contributed by atoms with van der Waals surface area (Å²) in [5.74, 6) is -2.51. The lowest BCUT2D eigenvalue weighted by molar-refractivity contribution is -0.117. The molecular formula is C24H17ClN4O5. The molecule has 2 N–H and O–H groups in total. The van der Waals surface area contributed by atoms with Crippen LogP contribution in [0.4, 0.5) is 11.4 Å². The van der Waals surface area contributed by atoms with E-state index in [1.54, 1.807) is 37.3 Å². The Kier molecular flexibility index (Phi) is 6.20. The number of carboxylic acids is 1. The molecule has 1 aliphatic heterocycles. The lowest BCUT2D eigenvalue weighted by Gasteiger charge is -2.12. The zero-order valence-corrected chi connectivity index (χ0v) is 18.5. The number of carboxylic acid groups (broad SMARTS) is 1. The van der Waals surface area contributed by atoms with E-state index in [0.717, 1.165) is 0 Å². The fourth-order valence-corrected chi connectivity index (χ4v) is 3.55. The van der Waals surface area contributed by atoms with Gasteiger partial charge in [-0.15, -0.1) is 0 Å². The van der Waals surface area contributed by atoms with Gasteiger partial charge in [-0.1, -0.05) is 35.9 Å². The molecule has 1 heterocycles. The Hall–Kier alpha value is -4.37.